The maximum Gasteiger partial charge on any atom is 0.252 e. The van der Waals surface area contributed by atoms with Gasteiger partial charge in [0.15, 0.2) is 0 Å². The van der Waals surface area contributed by atoms with E-state index in [1.807, 2.05) is 6.07 Å². The van der Waals surface area contributed by atoms with Gasteiger partial charge in [-0.25, -0.2) is 8.42 Å². The molecule has 0 radical (unpaired) electrons. The second-order valence-corrected chi connectivity index (χ2v) is 8.28. The van der Waals surface area contributed by atoms with Crippen molar-refractivity contribution in [3.63, 3.8) is 0 Å². The van der Waals surface area contributed by atoms with E-state index in [0.717, 1.165) is 17.7 Å². The van der Waals surface area contributed by atoms with Crippen LogP contribution in [0.2, 0.25) is 0 Å². The Bertz CT molecular complexity index is 470. The Kier molecular flexibility index (Phi) is 6.11. The van der Waals surface area contributed by atoms with Crippen LogP contribution in [0.5, 0.6) is 0 Å². The zero-order valence-electron chi connectivity index (χ0n) is 11.0. The largest absolute Gasteiger partial charge is 0.252 e. The normalized spacial score (nSPS) is 14.1. The first-order valence-corrected chi connectivity index (χ1v) is 8.82. The Morgan fingerprint density at radius 2 is 2.11 bits per heavy atom. The van der Waals surface area contributed by atoms with E-state index in [-0.39, 0.29) is 0 Å². The van der Waals surface area contributed by atoms with Crippen LogP contribution in [0.3, 0.4) is 0 Å². The lowest BCUT2D eigenvalue weighted by Crippen LogP contribution is -2.30. The lowest BCUT2D eigenvalue weighted by Gasteiger charge is -2.19. The van der Waals surface area contributed by atoms with E-state index in [1.54, 1.807) is 13.1 Å². The lowest BCUT2D eigenvalue weighted by atomic mass is 10.1. The third-order valence-electron chi connectivity index (χ3n) is 2.91. The topological polar surface area (TPSA) is 37.4 Å². The quantitative estimate of drug-likeness (QED) is 0.725. The van der Waals surface area contributed by atoms with Crippen LogP contribution in [0.25, 0.3) is 0 Å². The molecule has 0 fully saturated rings. The fourth-order valence-corrected chi connectivity index (χ4v) is 4.72. The summed E-state index contributed by atoms with van der Waals surface area (Å²) in [6.07, 6.45) is 1.69. The highest BCUT2D eigenvalue weighted by Crippen LogP contribution is 2.25. The summed E-state index contributed by atoms with van der Waals surface area (Å²) in [5.41, 5.74) is 0. The zero-order valence-corrected chi connectivity index (χ0v) is 13.4. The minimum Gasteiger partial charge on any atom is -0.206 e. The van der Waals surface area contributed by atoms with Gasteiger partial charge in [-0.05, 0) is 24.5 Å². The molecule has 1 unspecified atom stereocenters. The third-order valence-corrected chi connectivity index (χ3v) is 6.53. The van der Waals surface area contributed by atoms with Gasteiger partial charge in [0.1, 0.15) is 4.21 Å². The first-order valence-electron chi connectivity index (χ1n) is 6.02. The molecule has 0 aliphatic rings. The van der Waals surface area contributed by atoms with Gasteiger partial charge in [-0.3, -0.25) is 0 Å². The second-order valence-electron chi connectivity index (χ2n) is 4.46. The van der Waals surface area contributed by atoms with Crippen LogP contribution in [0.4, 0.5) is 0 Å². The van der Waals surface area contributed by atoms with E-state index in [2.05, 4.69) is 13.8 Å². The van der Waals surface area contributed by atoms with E-state index >= 15 is 0 Å². The zero-order chi connectivity index (χ0) is 13.8. The summed E-state index contributed by atoms with van der Waals surface area (Å²) >= 11 is 6.97. The van der Waals surface area contributed by atoms with Crippen molar-refractivity contribution >= 4 is 33.0 Å². The van der Waals surface area contributed by atoms with Gasteiger partial charge in [0.25, 0.3) is 10.0 Å². The first kappa shape index (κ1) is 16.0. The molecule has 1 rings (SSSR count). The van der Waals surface area contributed by atoms with E-state index in [0.29, 0.717) is 22.6 Å². The molecule has 0 N–H and O–H groups in total. The van der Waals surface area contributed by atoms with Crippen LogP contribution >= 0.6 is 22.9 Å². The molecule has 1 aromatic heterocycles. The fourth-order valence-electron chi connectivity index (χ4n) is 1.54. The van der Waals surface area contributed by atoms with Gasteiger partial charge in [0.05, 0.1) is 0 Å². The first-order chi connectivity index (χ1) is 8.41. The van der Waals surface area contributed by atoms with E-state index in [1.165, 1.54) is 15.6 Å². The molecule has 0 spiro atoms. The number of hydrogen-bond donors (Lipinski definition) is 0. The molecule has 6 heteroatoms. The third kappa shape index (κ3) is 3.95. The molecule has 1 atom stereocenters. The fraction of sp³-hybridized carbons (Fsp3) is 0.667. The Morgan fingerprint density at radius 1 is 1.44 bits per heavy atom. The van der Waals surface area contributed by atoms with Gasteiger partial charge >= 0.3 is 0 Å². The Hall–Kier alpha value is -0.100. The number of thiophene rings is 1. The van der Waals surface area contributed by atoms with Gasteiger partial charge in [-0.2, -0.15) is 4.31 Å². The van der Waals surface area contributed by atoms with Crippen molar-refractivity contribution in [1.82, 2.24) is 4.31 Å². The number of hydrogen-bond acceptors (Lipinski definition) is 3. The molecule has 0 amide bonds. The maximum atomic E-state index is 12.3. The van der Waals surface area contributed by atoms with Crippen molar-refractivity contribution in [3.8, 4) is 0 Å². The average molecular weight is 310 g/mol. The summed E-state index contributed by atoms with van der Waals surface area (Å²) in [5, 5.41) is 0. The molecular formula is C12H20ClNO2S2. The summed E-state index contributed by atoms with van der Waals surface area (Å²) in [5.74, 6) is 0.884. The molecule has 18 heavy (non-hydrogen) atoms. The van der Waals surface area contributed by atoms with Crippen molar-refractivity contribution in [2.45, 2.75) is 30.9 Å². The highest BCUT2D eigenvalue weighted by atomic mass is 35.5. The molecule has 0 aliphatic heterocycles. The van der Waals surface area contributed by atoms with Crippen molar-refractivity contribution in [2.75, 3.05) is 19.5 Å². The SMILES string of the molecule is CCC(C)CN(C)S(=O)(=O)c1ccc(CCCl)s1. The molecule has 104 valence electrons. The monoisotopic (exact) mass is 309 g/mol. The number of alkyl halides is 1. The highest BCUT2D eigenvalue weighted by Gasteiger charge is 2.23. The maximum absolute atomic E-state index is 12.3. The van der Waals surface area contributed by atoms with Gasteiger partial charge < -0.3 is 0 Å². The van der Waals surface area contributed by atoms with Crippen LogP contribution in [0.1, 0.15) is 25.1 Å². The predicted octanol–water partition coefficient (Wildman–Crippen LogP) is 3.20. The summed E-state index contributed by atoms with van der Waals surface area (Å²) in [4.78, 5) is 1.01. The van der Waals surface area contributed by atoms with Gasteiger partial charge in [-0.1, -0.05) is 20.3 Å². The highest BCUT2D eigenvalue weighted by molar-refractivity contribution is 7.91. The molecule has 0 aromatic carbocycles. The summed E-state index contributed by atoms with van der Waals surface area (Å²) < 4.78 is 26.5. The number of aryl methyl sites for hydroxylation is 1. The molecule has 1 aromatic rings. The number of rotatable bonds is 7. The van der Waals surface area contributed by atoms with E-state index in [4.69, 9.17) is 11.6 Å². The average Bonchev–Trinajstić information content (AvgIpc) is 2.78. The number of sulfonamides is 1. The Morgan fingerprint density at radius 3 is 2.67 bits per heavy atom. The second kappa shape index (κ2) is 6.89. The number of halogens is 1. The van der Waals surface area contributed by atoms with Crippen molar-refractivity contribution in [1.29, 1.82) is 0 Å². The van der Waals surface area contributed by atoms with E-state index < -0.39 is 10.0 Å². The van der Waals surface area contributed by atoms with Gasteiger partial charge in [0.2, 0.25) is 0 Å². The van der Waals surface area contributed by atoms with Gasteiger partial charge in [-0.15, -0.1) is 22.9 Å². The molecule has 1 heterocycles. The molecule has 0 saturated heterocycles. The molecular weight excluding hydrogens is 290 g/mol. The van der Waals surface area contributed by atoms with Crippen molar-refractivity contribution < 1.29 is 8.42 Å². The molecule has 0 bridgehead atoms. The minimum atomic E-state index is -3.33. The van der Waals surface area contributed by atoms with Crippen molar-refractivity contribution in [3.05, 3.63) is 17.0 Å². The van der Waals surface area contributed by atoms with E-state index in [9.17, 15) is 8.42 Å². The Balaban J connectivity index is 2.84. The van der Waals surface area contributed by atoms with Gasteiger partial charge in [0, 0.05) is 24.3 Å². The molecule has 0 saturated carbocycles. The summed E-state index contributed by atoms with van der Waals surface area (Å²) in [6.45, 7) is 4.68. The van der Waals surface area contributed by atoms with Crippen molar-refractivity contribution in [2.24, 2.45) is 5.92 Å². The van der Waals surface area contributed by atoms with Crippen LogP contribution in [-0.2, 0) is 16.4 Å². The minimum absolute atomic E-state index is 0.368. The summed E-state index contributed by atoms with van der Waals surface area (Å²) in [6, 6.07) is 3.52. The van der Waals surface area contributed by atoms with Crippen LogP contribution in [0, 0.1) is 5.92 Å². The molecule has 0 aliphatic carbocycles. The van der Waals surface area contributed by atoms with Crippen LogP contribution in [-0.4, -0.2) is 32.2 Å². The molecule has 3 nitrogen and oxygen atoms in total. The lowest BCUT2D eigenvalue weighted by molar-refractivity contribution is 0.394. The smallest absolute Gasteiger partial charge is 0.206 e. The Labute approximate surface area is 119 Å². The standard InChI is InChI=1S/C12H20ClNO2S2/c1-4-10(2)9-14(3)18(15,16)12-6-5-11(17-12)7-8-13/h5-6,10H,4,7-9H2,1-3H3. The predicted molar refractivity (Wildman–Crippen MR) is 78.0 cm³/mol. The number of nitrogens with zero attached hydrogens (tertiary/aromatic N) is 1. The van der Waals surface area contributed by atoms with Crippen LogP contribution in [0.15, 0.2) is 16.3 Å². The summed E-state index contributed by atoms with van der Waals surface area (Å²) in [7, 11) is -1.69. The van der Waals surface area contributed by atoms with Crippen LogP contribution < -0.4 is 0 Å².